The molecule has 5 aromatic carbocycles. The number of benzene rings is 5. The molecule has 0 N–H and O–H groups in total. The Morgan fingerprint density at radius 1 is 0.547 bits per heavy atom. The van der Waals surface area contributed by atoms with Crippen molar-refractivity contribution in [2.75, 3.05) is 50.4 Å². The van der Waals surface area contributed by atoms with E-state index in [4.69, 9.17) is 28.4 Å². The van der Waals surface area contributed by atoms with E-state index in [1.54, 1.807) is 82.7 Å². The summed E-state index contributed by atoms with van der Waals surface area (Å²) in [7, 11) is 3.13. The van der Waals surface area contributed by atoms with Gasteiger partial charge in [-0.05, 0) is 116 Å². The molecule has 0 aliphatic carbocycles. The Labute approximate surface area is 373 Å². The zero-order chi connectivity index (χ0) is 46.2. The standard InChI is InChI=1S/C52H50N2O10/c1-9-61-49(55)36(4)33-63-51(57)39-21-26-44(27-22-39)53(42-17-13-11-14-18-42)38(6)47(59-7)31-35(3)41-25-30-46(48(32-41)60-8)54(43-19-15-12-16-20-43)45-28-23-40(24-29-45)52(58)64-34-37(5)50(56)62-10-2/h11-32H,3-6,9-10,33-34H2,1-2,7-8H3/b47-31+. The number of para-hydroxylation sites is 2. The molecule has 0 unspecified atom stereocenters. The second-order valence-electron chi connectivity index (χ2n) is 13.8. The molecule has 0 heterocycles. The van der Waals surface area contributed by atoms with Gasteiger partial charge in [0.05, 0.1) is 61.1 Å². The molecule has 0 saturated carbocycles. The lowest BCUT2D eigenvalue weighted by Crippen LogP contribution is -2.18. The van der Waals surface area contributed by atoms with Gasteiger partial charge in [-0.25, -0.2) is 19.2 Å². The largest absolute Gasteiger partial charge is 0.495 e. The fourth-order valence-electron chi connectivity index (χ4n) is 6.27. The summed E-state index contributed by atoms with van der Waals surface area (Å²) < 4.78 is 32.4. The molecule has 0 radical (unpaired) electrons. The summed E-state index contributed by atoms with van der Waals surface area (Å²) in [6, 6.07) is 38.5. The fraction of sp³-hybridized carbons (Fsp3) is 0.154. The van der Waals surface area contributed by atoms with E-state index in [-0.39, 0.29) is 48.7 Å². The van der Waals surface area contributed by atoms with Gasteiger partial charge in [-0.1, -0.05) is 68.8 Å². The van der Waals surface area contributed by atoms with Gasteiger partial charge in [-0.2, -0.15) is 0 Å². The Balaban J connectivity index is 1.40. The molecule has 5 aromatic rings. The predicted octanol–water partition coefficient (Wildman–Crippen LogP) is 10.6. The molecular formula is C52H50N2O10. The topological polar surface area (TPSA) is 130 Å². The van der Waals surface area contributed by atoms with Crippen molar-refractivity contribution >= 4 is 57.9 Å². The number of allylic oxidation sites excluding steroid dienone is 2. The lowest BCUT2D eigenvalue weighted by atomic mass is 10.0. The van der Waals surface area contributed by atoms with Gasteiger partial charge >= 0.3 is 23.9 Å². The second-order valence-corrected chi connectivity index (χ2v) is 13.8. The van der Waals surface area contributed by atoms with Crippen LogP contribution in [0.15, 0.2) is 182 Å². The molecule has 0 aliphatic rings. The summed E-state index contributed by atoms with van der Waals surface area (Å²) in [5.74, 6) is -1.55. The average Bonchev–Trinajstić information content (AvgIpc) is 3.32. The molecule has 0 amide bonds. The number of anilines is 5. The van der Waals surface area contributed by atoms with E-state index in [9.17, 15) is 19.2 Å². The Hall–Kier alpha value is -8.12. The van der Waals surface area contributed by atoms with Gasteiger partial charge in [-0.3, -0.25) is 0 Å². The summed E-state index contributed by atoms with van der Waals surface area (Å²) in [4.78, 5) is 53.4. The molecular weight excluding hydrogens is 813 g/mol. The van der Waals surface area contributed by atoms with Crippen LogP contribution in [-0.2, 0) is 33.3 Å². The van der Waals surface area contributed by atoms with Gasteiger partial charge in [0.25, 0.3) is 0 Å². The van der Waals surface area contributed by atoms with E-state index in [1.165, 1.54) is 0 Å². The lowest BCUT2D eigenvalue weighted by Gasteiger charge is -2.28. The summed E-state index contributed by atoms with van der Waals surface area (Å²) in [5.41, 5.74) is 6.15. The molecule has 5 rings (SSSR count). The Morgan fingerprint density at radius 3 is 1.45 bits per heavy atom. The van der Waals surface area contributed by atoms with E-state index < -0.39 is 23.9 Å². The van der Waals surface area contributed by atoms with Crippen molar-refractivity contribution < 1.29 is 47.6 Å². The van der Waals surface area contributed by atoms with Crippen molar-refractivity contribution in [3.05, 3.63) is 199 Å². The van der Waals surface area contributed by atoms with Crippen LogP contribution in [0.3, 0.4) is 0 Å². The number of rotatable bonds is 21. The highest BCUT2D eigenvalue weighted by molar-refractivity contribution is 5.94. The van der Waals surface area contributed by atoms with Crippen molar-refractivity contribution in [2.24, 2.45) is 0 Å². The number of ether oxygens (including phenoxy) is 6. The minimum atomic E-state index is -0.628. The lowest BCUT2D eigenvalue weighted by molar-refractivity contribution is -0.139. The fourth-order valence-corrected chi connectivity index (χ4v) is 6.27. The highest BCUT2D eigenvalue weighted by atomic mass is 16.6. The van der Waals surface area contributed by atoms with E-state index in [2.05, 4.69) is 26.3 Å². The van der Waals surface area contributed by atoms with E-state index in [0.29, 0.717) is 34.2 Å². The molecule has 328 valence electrons. The van der Waals surface area contributed by atoms with E-state index in [1.807, 2.05) is 88.7 Å². The highest BCUT2D eigenvalue weighted by Gasteiger charge is 2.22. The molecule has 0 fully saturated rings. The Kier molecular flexibility index (Phi) is 16.6. The molecule has 12 nitrogen and oxygen atoms in total. The normalized spacial score (nSPS) is 10.7. The monoisotopic (exact) mass is 862 g/mol. The van der Waals surface area contributed by atoms with Crippen molar-refractivity contribution in [2.45, 2.75) is 13.8 Å². The number of carbonyl (C=O) groups excluding carboxylic acids is 4. The molecule has 0 bridgehead atoms. The van der Waals surface area contributed by atoms with Crippen LogP contribution in [0.4, 0.5) is 28.4 Å². The first-order valence-corrected chi connectivity index (χ1v) is 20.2. The first-order valence-electron chi connectivity index (χ1n) is 20.2. The average molecular weight is 863 g/mol. The summed E-state index contributed by atoms with van der Waals surface area (Å²) >= 11 is 0. The van der Waals surface area contributed by atoms with Crippen LogP contribution in [0.1, 0.15) is 40.1 Å². The van der Waals surface area contributed by atoms with Gasteiger partial charge in [0.15, 0.2) is 0 Å². The molecule has 0 saturated heterocycles. The van der Waals surface area contributed by atoms with E-state index >= 15 is 0 Å². The summed E-state index contributed by atoms with van der Waals surface area (Å²) in [6.45, 7) is 19.2. The maximum absolute atomic E-state index is 12.9. The van der Waals surface area contributed by atoms with Crippen LogP contribution in [0.5, 0.6) is 5.75 Å². The van der Waals surface area contributed by atoms with Crippen molar-refractivity contribution in [3.8, 4) is 5.75 Å². The number of esters is 4. The first-order chi connectivity index (χ1) is 30.9. The van der Waals surface area contributed by atoms with Crippen LogP contribution < -0.4 is 14.5 Å². The van der Waals surface area contributed by atoms with Crippen molar-refractivity contribution in [3.63, 3.8) is 0 Å². The van der Waals surface area contributed by atoms with Crippen LogP contribution in [0, 0.1) is 0 Å². The van der Waals surface area contributed by atoms with Crippen LogP contribution in [-0.4, -0.2) is 64.5 Å². The third-order valence-electron chi connectivity index (χ3n) is 9.51. The van der Waals surface area contributed by atoms with E-state index in [0.717, 1.165) is 22.6 Å². The first kappa shape index (κ1) is 46.9. The van der Waals surface area contributed by atoms with Crippen molar-refractivity contribution in [1.29, 1.82) is 0 Å². The molecule has 64 heavy (non-hydrogen) atoms. The molecule has 0 spiro atoms. The maximum atomic E-state index is 12.9. The van der Waals surface area contributed by atoms with Crippen LogP contribution in [0.25, 0.3) is 5.57 Å². The quantitative estimate of drug-likeness (QED) is 0.0229. The van der Waals surface area contributed by atoms with Crippen LogP contribution in [0.2, 0.25) is 0 Å². The number of hydrogen-bond acceptors (Lipinski definition) is 12. The van der Waals surface area contributed by atoms with Crippen LogP contribution >= 0.6 is 0 Å². The Bertz CT molecular complexity index is 2530. The smallest absolute Gasteiger partial charge is 0.338 e. The number of nitrogens with zero attached hydrogens (tertiary/aromatic N) is 2. The highest BCUT2D eigenvalue weighted by Crippen LogP contribution is 2.42. The van der Waals surface area contributed by atoms with Gasteiger partial charge in [0, 0.05) is 22.7 Å². The zero-order valence-corrected chi connectivity index (χ0v) is 36.3. The molecule has 12 heteroatoms. The molecule has 0 aromatic heterocycles. The third-order valence-corrected chi connectivity index (χ3v) is 9.51. The second kappa shape index (κ2) is 22.6. The Morgan fingerprint density at radius 2 is 0.984 bits per heavy atom. The number of carbonyl (C=O) groups is 4. The zero-order valence-electron chi connectivity index (χ0n) is 36.3. The minimum Gasteiger partial charge on any atom is -0.495 e. The van der Waals surface area contributed by atoms with Gasteiger partial charge in [-0.15, -0.1) is 0 Å². The molecule has 0 aliphatic heterocycles. The summed E-state index contributed by atoms with van der Waals surface area (Å²) in [5, 5.41) is 0. The van der Waals surface area contributed by atoms with Gasteiger partial charge in [0.2, 0.25) is 0 Å². The summed E-state index contributed by atoms with van der Waals surface area (Å²) in [6.07, 6.45) is 1.78. The number of hydrogen-bond donors (Lipinski definition) is 0. The minimum absolute atomic E-state index is 0.0325. The van der Waals surface area contributed by atoms with Gasteiger partial charge in [0.1, 0.15) is 24.7 Å². The van der Waals surface area contributed by atoms with Gasteiger partial charge < -0.3 is 38.2 Å². The molecule has 0 atom stereocenters. The third kappa shape index (κ3) is 11.8. The SMILES string of the molecule is C=C(COC(=O)c1ccc(N(C(=C)/C(=C\C(=C)c2ccc(N(c3ccccc3)c3ccc(C(=O)OCC(=C)C(=O)OCC)cc3)c(OC)c2)OC)c2ccccc2)cc1)C(=O)OCC. The predicted molar refractivity (Wildman–Crippen MR) is 248 cm³/mol. The van der Waals surface area contributed by atoms with Crippen molar-refractivity contribution in [1.82, 2.24) is 0 Å². The number of methoxy groups -OCH3 is 2. The maximum Gasteiger partial charge on any atom is 0.338 e.